The van der Waals surface area contributed by atoms with Gasteiger partial charge in [-0.25, -0.2) is 0 Å². The number of benzene rings is 2. The van der Waals surface area contributed by atoms with E-state index in [1.807, 2.05) is 4.90 Å². The van der Waals surface area contributed by atoms with Crippen LogP contribution in [0.25, 0.3) is 0 Å². The van der Waals surface area contributed by atoms with Crippen LogP contribution in [0.2, 0.25) is 0 Å². The number of nitro groups is 1. The lowest BCUT2D eigenvalue weighted by Gasteiger charge is -2.15. The normalized spacial score (nSPS) is 13.2. The summed E-state index contributed by atoms with van der Waals surface area (Å²) in [7, 11) is 0. The van der Waals surface area contributed by atoms with Crippen molar-refractivity contribution in [3.05, 3.63) is 63.7 Å². The first-order chi connectivity index (χ1) is 13.5. The van der Waals surface area contributed by atoms with E-state index in [0.717, 1.165) is 25.9 Å². The van der Waals surface area contributed by atoms with Crippen LogP contribution in [0, 0.1) is 17.0 Å². The molecule has 2 aromatic carbocycles. The number of nitrogens with zero attached hydrogens (tertiary/aromatic N) is 2. The van der Waals surface area contributed by atoms with Gasteiger partial charge in [-0.05, 0) is 50.1 Å². The number of carbonyl (C=O) groups is 2. The Hall–Kier alpha value is -3.42. The van der Waals surface area contributed by atoms with Crippen LogP contribution in [0.5, 0.6) is 0 Å². The number of hydrogen-bond acceptors (Lipinski definition) is 5. The van der Waals surface area contributed by atoms with Crippen LogP contribution in [0.1, 0.15) is 28.8 Å². The van der Waals surface area contributed by atoms with E-state index in [4.69, 9.17) is 0 Å². The highest BCUT2D eigenvalue weighted by Gasteiger charge is 2.19. The summed E-state index contributed by atoms with van der Waals surface area (Å²) >= 11 is 0. The number of nitrogens with one attached hydrogen (secondary N) is 2. The molecule has 1 aliphatic rings. The molecule has 2 aromatic rings. The van der Waals surface area contributed by atoms with Gasteiger partial charge in [-0.3, -0.25) is 19.7 Å². The molecule has 0 spiro atoms. The van der Waals surface area contributed by atoms with Gasteiger partial charge in [-0.2, -0.15) is 0 Å². The molecule has 2 N–H and O–H groups in total. The smallest absolute Gasteiger partial charge is 0.274 e. The second-order valence-corrected chi connectivity index (χ2v) is 6.69. The second-order valence-electron chi connectivity index (χ2n) is 6.69. The Balaban J connectivity index is 1.55. The molecule has 1 heterocycles. The molecular formula is C20H22N4O4. The number of anilines is 2. The third-order valence-corrected chi connectivity index (χ3v) is 4.75. The molecule has 0 bridgehead atoms. The first kappa shape index (κ1) is 19.3. The predicted molar refractivity (Wildman–Crippen MR) is 107 cm³/mol. The molecule has 0 unspecified atom stereocenters. The van der Waals surface area contributed by atoms with Crippen molar-refractivity contribution in [2.24, 2.45) is 0 Å². The highest BCUT2D eigenvalue weighted by molar-refractivity contribution is 5.96. The molecule has 0 aromatic heterocycles. The Labute approximate surface area is 162 Å². The summed E-state index contributed by atoms with van der Waals surface area (Å²) in [5, 5.41) is 16.6. The van der Waals surface area contributed by atoms with Crippen LogP contribution < -0.4 is 10.6 Å². The first-order valence-electron chi connectivity index (χ1n) is 9.13. The molecule has 3 rings (SSSR count). The fraction of sp³-hybridized carbons (Fsp3) is 0.300. The van der Waals surface area contributed by atoms with Crippen molar-refractivity contribution < 1.29 is 14.5 Å². The topological polar surface area (TPSA) is 105 Å². The minimum atomic E-state index is -0.478. The lowest BCUT2D eigenvalue weighted by Crippen LogP contribution is -2.27. The molecule has 1 saturated heterocycles. The SMILES string of the molecule is Cc1c(NC(=O)CNc2ccc(C(=O)N3CCCC3)cc2)cccc1[N+](=O)[O-]. The number of likely N-dealkylation sites (tertiary alicyclic amines) is 1. The Kier molecular flexibility index (Phi) is 5.88. The molecule has 2 amide bonds. The largest absolute Gasteiger partial charge is 0.376 e. The van der Waals surface area contributed by atoms with E-state index >= 15 is 0 Å². The average molecular weight is 382 g/mol. The molecule has 1 fully saturated rings. The van der Waals surface area contributed by atoms with Crippen molar-refractivity contribution in [2.45, 2.75) is 19.8 Å². The van der Waals surface area contributed by atoms with Gasteiger partial charge in [0, 0.05) is 30.4 Å². The van der Waals surface area contributed by atoms with E-state index in [1.54, 1.807) is 37.3 Å². The minimum Gasteiger partial charge on any atom is -0.376 e. The second kappa shape index (κ2) is 8.51. The van der Waals surface area contributed by atoms with Gasteiger partial charge < -0.3 is 15.5 Å². The fourth-order valence-electron chi connectivity index (χ4n) is 3.17. The number of rotatable bonds is 6. The van der Waals surface area contributed by atoms with E-state index in [0.29, 0.717) is 22.5 Å². The van der Waals surface area contributed by atoms with Crippen molar-refractivity contribution in [2.75, 3.05) is 30.3 Å². The Morgan fingerprint density at radius 3 is 2.43 bits per heavy atom. The highest BCUT2D eigenvalue weighted by atomic mass is 16.6. The first-order valence-corrected chi connectivity index (χ1v) is 9.13. The van der Waals surface area contributed by atoms with Crippen molar-refractivity contribution >= 4 is 28.9 Å². The molecule has 8 heteroatoms. The zero-order valence-corrected chi connectivity index (χ0v) is 15.6. The zero-order valence-electron chi connectivity index (χ0n) is 15.6. The van der Waals surface area contributed by atoms with Gasteiger partial charge in [0.15, 0.2) is 0 Å². The summed E-state index contributed by atoms with van der Waals surface area (Å²) < 4.78 is 0. The van der Waals surface area contributed by atoms with Gasteiger partial charge in [0.05, 0.1) is 22.7 Å². The lowest BCUT2D eigenvalue weighted by atomic mass is 10.1. The third kappa shape index (κ3) is 4.46. The number of carbonyl (C=O) groups excluding carboxylic acids is 2. The minimum absolute atomic E-state index is 0.00154. The number of amides is 2. The summed E-state index contributed by atoms with van der Waals surface area (Å²) in [5.41, 5.74) is 2.12. The molecule has 1 aliphatic heterocycles. The standard InChI is InChI=1S/C20H22N4O4/c1-14-17(5-4-6-18(14)24(27)28)22-19(25)13-21-16-9-7-15(8-10-16)20(26)23-11-2-3-12-23/h4-10,21H,2-3,11-13H2,1H3,(H,22,25). The molecular weight excluding hydrogens is 360 g/mol. The van der Waals surface area contributed by atoms with Crippen molar-refractivity contribution in [3.63, 3.8) is 0 Å². The van der Waals surface area contributed by atoms with Crippen molar-refractivity contribution in [1.29, 1.82) is 0 Å². The molecule has 8 nitrogen and oxygen atoms in total. The van der Waals surface area contributed by atoms with Crippen LogP contribution in [0.3, 0.4) is 0 Å². The summed E-state index contributed by atoms with van der Waals surface area (Å²) in [6, 6.07) is 11.6. The monoisotopic (exact) mass is 382 g/mol. The molecule has 146 valence electrons. The van der Waals surface area contributed by atoms with Crippen LogP contribution in [-0.4, -0.2) is 41.3 Å². The van der Waals surface area contributed by atoms with Gasteiger partial charge >= 0.3 is 0 Å². The van der Waals surface area contributed by atoms with Gasteiger partial charge in [0.1, 0.15) is 0 Å². The summed E-state index contributed by atoms with van der Waals surface area (Å²) in [6.07, 6.45) is 2.09. The molecule has 0 radical (unpaired) electrons. The van der Waals surface area contributed by atoms with E-state index in [9.17, 15) is 19.7 Å². The third-order valence-electron chi connectivity index (χ3n) is 4.75. The van der Waals surface area contributed by atoms with Crippen molar-refractivity contribution in [3.8, 4) is 0 Å². The maximum Gasteiger partial charge on any atom is 0.274 e. The fourth-order valence-corrected chi connectivity index (χ4v) is 3.17. The summed E-state index contributed by atoms with van der Waals surface area (Å²) in [5.74, 6) is -0.288. The van der Waals surface area contributed by atoms with Gasteiger partial charge in [0.25, 0.3) is 11.6 Å². The zero-order chi connectivity index (χ0) is 20.1. The molecule has 0 atom stereocenters. The number of hydrogen-bond donors (Lipinski definition) is 2. The summed E-state index contributed by atoms with van der Waals surface area (Å²) in [4.78, 5) is 36.8. The van der Waals surface area contributed by atoms with E-state index in [1.165, 1.54) is 12.1 Å². The number of nitro benzene ring substituents is 1. The molecule has 0 saturated carbocycles. The van der Waals surface area contributed by atoms with Crippen LogP contribution in [0.4, 0.5) is 17.1 Å². The van der Waals surface area contributed by atoms with E-state index in [2.05, 4.69) is 10.6 Å². The van der Waals surface area contributed by atoms with Crippen LogP contribution in [-0.2, 0) is 4.79 Å². The highest BCUT2D eigenvalue weighted by Crippen LogP contribution is 2.25. The Morgan fingerprint density at radius 1 is 1.11 bits per heavy atom. The average Bonchev–Trinajstić information content (AvgIpc) is 3.22. The lowest BCUT2D eigenvalue weighted by molar-refractivity contribution is -0.385. The van der Waals surface area contributed by atoms with Crippen LogP contribution in [0.15, 0.2) is 42.5 Å². The van der Waals surface area contributed by atoms with E-state index in [-0.39, 0.29) is 24.0 Å². The maximum atomic E-state index is 12.3. The quantitative estimate of drug-likeness (QED) is 0.590. The Bertz CT molecular complexity index is 890. The summed E-state index contributed by atoms with van der Waals surface area (Å²) in [6.45, 7) is 3.20. The van der Waals surface area contributed by atoms with Crippen molar-refractivity contribution in [1.82, 2.24) is 4.90 Å². The molecule has 28 heavy (non-hydrogen) atoms. The van der Waals surface area contributed by atoms with Gasteiger partial charge in [-0.1, -0.05) is 6.07 Å². The van der Waals surface area contributed by atoms with Gasteiger partial charge in [0.2, 0.25) is 5.91 Å². The predicted octanol–water partition coefficient (Wildman–Crippen LogP) is 3.19. The molecule has 0 aliphatic carbocycles. The van der Waals surface area contributed by atoms with E-state index < -0.39 is 4.92 Å². The van der Waals surface area contributed by atoms with Gasteiger partial charge in [-0.15, -0.1) is 0 Å². The maximum absolute atomic E-state index is 12.3. The van der Waals surface area contributed by atoms with Crippen LogP contribution >= 0.6 is 0 Å². The Morgan fingerprint density at radius 2 is 1.79 bits per heavy atom.